The minimum atomic E-state index is -2.92. The Morgan fingerprint density at radius 3 is 2.53 bits per heavy atom. The molecule has 0 bridgehead atoms. The molecule has 0 heterocycles. The Hall–Kier alpha value is -3.16. The van der Waals surface area contributed by atoms with Gasteiger partial charge in [0.1, 0.15) is 12.4 Å². The molecule has 0 radical (unpaired) electrons. The molecule has 0 fully saturated rings. The van der Waals surface area contributed by atoms with Gasteiger partial charge in [-0.25, -0.2) is 13.6 Å². The van der Waals surface area contributed by atoms with Crippen LogP contribution in [0.15, 0.2) is 85.0 Å². The van der Waals surface area contributed by atoms with Gasteiger partial charge in [0, 0.05) is 18.2 Å². The van der Waals surface area contributed by atoms with Gasteiger partial charge in [0.25, 0.3) is 5.66 Å². The van der Waals surface area contributed by atoms with Crippen LogP contribution in [0.4, 0.5) is 28.0 Å². The van der Waals surface area contributed by atoms with E-state index in [9.17, 15) is 22.4 Å². The molecule has 2 rings (SSSR count). The first-order chi connectivity index (χ1) is 18.0. The van der Waals surface area contributed by atoms with Crippen molar-refractivity contribution in [3.8, 4) is 5.75 Å². The number of aliphatic hydroxyl groups is 1. The van der Waals surface area contributed by atoms with Crippen molar-refractivity contribution in [1.29, 1.82) is 0 Å². The number of carbonyl (C=O) groups is 1. The van der Waals surface area contributed by atoms with E-state index in [1.54, 1.807) is 15.3 Å². The summed E-state index contributed by atoms with van der Waals surface area (Å²) in [5.41, 5.74) is 0.389. The number of rotatable bonds is 12. The van der Waals surface area contributed by atoms with Gasteiger partial charge in [0.2, 0.25) is 0 Å². The maximum Gasteiger partial charge on any atom is 0.411 e. The summed E-state index contributed by atoms with van der Waals surface area (Å²) in [5, 5.41) is 10.7. The lowest BCUT2D eigenvalue weighted by Gasteiger charge is -2.15. The first-order valence-electron chi connectivity index (χ1n) is 11.8. The number of ether oxygens (including phenoxy) is 2. The van der Waals surface area contributed by atoms with Gasteiger partial charge in [-0.15, -0.1) is 0 Å². The van der Waals surface area contributed by atoms with Gasteiger partial charge in [-0.05, 0) is 48.1 Å². The standard InChI is InChI=1S/C18H23F2P.C10H11F2NO4/c1-4-6-8-15(5-2)11-14(3)17-10-7-9-16(12-17)13-18(19,20)21;11-9(12)17-8-3-1-2-7(6-8)13-10(15)16-5-4-14/h4-10,12,14H,2,11,13,21H2,1,3H3;1-3,6,9,14H,4-5H2,(H,13,15)/b6-4-,15-8+;. The summed E-state index contributed by atoms with van der Waals surface area (Å²) in [6.07, 6.45) is 7.63. The Balaban J connectivity index is 0.000000389. The second-order valence-corrected chi connectivity index (χ2v) is 9.00. The zero-order chi connectivity index (χ0) is 28.6. The number of alkyl halides is 4. The summed E-state index contributed by atoms with van der Waals surface area (Å²) in [7, 11) is 1.60. The van der Waals surface area contributed by atoms with Crippen LogP contribution in [-0.4, -0.2) is 36.7 Å². The van der Waals surface area contributed by atoms with Crippen molar-refractivity contribution in [1.82, 2.24) is 0 Å². The van der Waals surface area contributed by atoms with Crippen LogP contribution in [0.25, 0.3) is 0 Å². The van der Waals surface area contributed by atoms with Crippen molar-refractivity contribution in [2.45, 2.75) is 44.9 Å². The van der Waals surface area contributed by atoms with Crippen LogP contribution in [0.1, 0.15) is 37.3 Å². The van der Waals surface area contributed by atoms with Crippen LogP contribution in [-0.2, 0) is 11.2 Å². The Morgan fingerprint density at radius 1 is 1.21 bits per heavy atom. The topological polar surface area (TPSA) is 67.8 Å². The SMILES string of the molecule is C=C/C(=C\C=C/C)CC(C)c1cccc(CC(F)(F)P)c1.O=C(Nc1cccc(OC(F)F)c1)OCCO. The molecule has 208 valence electrons. The molecular weight excluding hydrogens is 521 g/mol. The van der Waals surface area contributed by atoms with E-state index in [1.165, 1.54) is 24.3 Å². The van der Waals surface area contributed by atoms with Crippen LogP contribution >= 0.6 is 9.24 Å². The molecule has 2 aromatic rings. The fourth-order valence-electron chi connectivity index (χ4n) is 3.23. The summed E-state index contributed by atoms with van der Waals surface area (Å²) < 4.78 is 58.7. The summed E-state index contributed by atoms with van der Waals surface area (Å²) >= 11 is 0. The molecule has 0 aliphatic rings. The zero-order valence-electron chi connectivity index (χ0n) is 21.4. The third-order valence-electron chi connectivity index (χ3n) is 4.90. The van der Waals surface area contributed by atoms with Crippen molar-refractivity contribution < 1.29 is 36.9 Å². The molecule has 2 N–H and O–H groups in total. The molecule has 0 aromatic heterocycles. The molecule has 0 aliphatic carbocycles. The molecule has 5 nitrogen and oxygen atoms in total. The summed E-state index contributed by atoms with van der Waals surface area (Å²) in [6.45, 7) is 4.54. The second-order valence-electron chi connectivity index (χ2n) is 8.15. The van der Waals surface area contributed by atoms with Gasteiger partial charge in [0.05, 0.1) is 6.61 Å². The van der Waals surface area contributed by atoms with E-state index in [4.69, 9.17) is 5.11 Å². The quantitative estimate of drug-likeness (QED) is 0.160. The number of allylic oxidation sites excluding steroid dienone is 5. The summed E-state index contributed by atoms with van der Waals surface area (Å²) in [6, 6.07) is 12.9. The predicted molar refractivity (Wildman–Crippen MR) is 146 cm³/mol. The van der Waals surface area contributed by atoms with Gasteiger partial charge in [-0.1, -0.05) is 77.4 Å². The van der Waals surface area contributed by atoms with E-state index in [2.05, 4.69) is 28.3 Å². The smallest absolute Gasteiger partial charge is 0.411 e. The third kappa shape index (κ3) is 14.5. The van der Waals surface area contributed by atoms with E-state index in [1.807, 2.05) is 49.4 Å². The highest BCUT2D eigenvalue weighted by atomic mass is 31.0. The highest BCUT2D eigenvalue weighted by Gasteiger charge is 2.22. The van der Waals surface area contributed by atoms with Crippen molar-refractivity contribution in [2.75, 3.05) is 18.5 Å². The van der Waals surface area contributed by atoms with E-state index >= 15 is 0 Å². The fourth-order valence-corrected chi connectivity index (χ4v) is 3.47. The molecule has 1 amide bonds. The number of hydrogen-bond acceptors (Lipinski definition) is 4. The van der Waals surface area contributed by atoms with Crippen LogP contribution in [0.2, 0.25) is 0 Å². The van der Waals surface area contributed by atoms with Crippen molar-refractivity contribution in [3.63, 3.8) is 0 Å². The predicted octanol–water partition coefficient (Wildman–Crippen LogP) is 7.71. The van der Waals surface area contributed by atoms with Crippen molar-refractivity contribution >= 4 is 21.0 Å². The molecule has 38 heavy (non-hydrogen) atoms. The Kier molecular flexibility index (Phi) is 15.0. The van der Waals surface area contributed by atoms with E-state index in [0.717, 1.165) is 17.6 Å². The lowest BCUT2D eigenvalue weighted by Crippen LogP contribution is -2.15. The van der Waals surface area contributed by atoms with Gasteiger partial charge in [-0.2, -0.15) is 8.78 Å². The number of aliphatic hydroxyl groups excluding tert-OH is 1. The average Bonchev–Trinajstić information content (AvgIpc) is 2.84. The number of amides is 1. The van der Waals surface area contributed by atoms with Crippen LogP contribution in [0.3, 0.4) is 0 Å². The lowest BCUT2D eigenvalue weighted by atomic mass is 9.92. The monoisotopic (exact) mass is 555 g/mol. The zero-order valence-corrected chi connectivity index (χ0v) is 22.5. The lowest BCUT2D eigenvalue weighted by molar-refractivity contribution is -0.0498. The molecule has 2 aromatic carbocycles. The van der Waals surface area contributed by atoms with Gasteiger partial charge >= 0.3 is 12.7 Å². The van der Waals surface area contributed by atoms with Gasteiger partial charge in [-0.3, -0.25) is 5.32 Å². The highest BCUT2D eigenvalue weighted by molar-refractivity contribution is 7.18. The molecular formula is C28H34F4NO4P. The Labute approximate surface area is 223 Å². The van der Waals surface area contributed by atoms with Crippen molar-refractivity contribution in [2.24, 2.45) is 0 Å². The van der Waals surface area contributed by atoms with Gasteiger partial charge in [0.15, 0.2) is 0 Å². The molecule has 0 saturated heterocycles. The first-order valence-corrected chi connectivity index (χ1v) is 12.3. The normalized spacial score (nSPS) is 12.5. The Morgan fingerprint density at radius 2 is 1.92 bits per heavy atom. The molecule has 0 saturated carbocycles. The van der Waals surface area contributed by atoms with Crippen molar-refractivity contribution in [3.05, 3.63) is 96.1 Å². The molecule has 0 spiro atoms. The van der Waals surface area contributed by atoms with Crippen LogP contribution < -0.4 is 10.1 Å². The maximum absolute atomic E-state index is 13.1. The fraction of sp³-hybridized carbons (Fsp3) is 0.321. The first kappa shape index (κ1) is 32.9. The van der Waals surface area contributed by atoms with Crippen LogP contribution in [0, 0.1) is 0 Å². The van der Waals surface area contributed by atoms with E-state index < -0.39 is 18.4 Å². The molecule has 2 unspecified atom stereocenters. The number of halogens is 4. The molecule has 0 aliphatic heterocycles. The maximum atomic E-state index is 13.1. The molecule has 10 heteroatoms. The average molecular weight is 556 g/mol. The number of nitrogens with one attached hydrogen (secondary N) is 1. The minimum Gasteiger partial charge on any atom is -0.447 e. The number of anilines is 1. The van der Waals surface area contributed by atoms with E-state index in [0.29, 0.717) is 5.56 Å². The Bertz CT molecular complexity index is 1070. The highest BCUT2D eigenvalue weighted by Crippen LogP contribution is 2.29. The minimum absolute atomic E-state index is 0.0695. The number of hydrogen-bond donors (Lipinski definition) is 2. The summed E-state index contributed by atoms with van der Waals surface area (Å²) in [5.74, 6) is 0.192. The number of carbonyl (C=O) groups excluding carboxylic acids is 1. The number of benzene rings is 2. The summed E-state index contributed by atoms with van der Waals surface area (Å²) in [4.78, 5) is 11.1. The second kappa shape index (κ2) is 17.4. The molecule has 2 atom stereocenters. The largest absolute Gasteiger partial charge is 0.447 e. The third-order valence-corrected chi connectivity index (χ3v) is 5.10. The van der Waals surface area contributed by atoms with Gasteiger partial charge < -0.3 is 14.6 Å². The van der Waals surface area contributed by atoms with E-state index in [-0.39, 0.29) is 37.0 Å². The van der Waals surface area contributed by atoms with Crippen LogP contribution in [0.5, 0.6) is 5.75 Å².